The van der Waals surface area contributed by atoms with Crippen molar-refractivity contribution < 1.29 is 51.0 Å². The molecule has 24 heteroatoms. The second-order valence-electron chi connectivity index (χ2n) is 17.5. The van der Waals surface area contributed by atoms with E-state index < -0.39 is 35.5 Å². The summed E-state index contributed by atoms with van der Waals surface area (Å²) in [5, 5.41) is 35.0. The maximum absolute atomic E-state index is 13.4. The maximum atomic E-state index is 13.4. The van der Waals surface area contributed by atoms with Crippen LogP contribution in [-0.4, -0.2) is 87.0 Å². The number of benzene rings is 4. The Morgan fingerprint density at radius 3 is 1.93 bits per heavy atom. The van der Waals surface area contributed by atoms with Crippen LogP contribution in [0.1, 0.15) is 52.7 Å². The molecule has 1 amide bonds. The average molecular weight is 1030 g/mol. The highest BCUT2D eigenvalue weighted by atomic mass is 32.1. The number of nitrogens with zero attached hydrogens (tertiary/aromatic N) is 10. The van der Waals surface area contributed by atoms with Crippen LogP contribution in [0.5, 0.6) is 0 Å². The molecule has 0 saturated heterocycles. The molecule has 0 bridgehead atoms. The minimum Gasteiger partial charge on any atom is -0.475 e. The summed E-state index contributed by atoms with van der Waals surface area (Å²) in [6, 6.07) is 26.8. The molecule has 0 fully saturated rings. The maximum Gasteiger partial charge on any atom is 0.490 e. The van der Waals surface area contributed by atoms with Crippen molar-refractivity contribution in [1.29, 1.82) is 0 Å². The second kappa shape index (κ2) is 21.0. The van der Waals surface area contributed by atoms with Crippen LogP contribution in [-0.2, 0) is 20.8 Å². The number of aliphatic carboxylic acids is 1. The minimum atomic E-state index is -5.08. The van der Waals surface area contributed by atoms with E-state index in [-0.39, 0.29) is 0 Å². The van der Waals surface area contributed by atoms with Gasteiger partial charge in [0.25, 0.3) is 0 Å². The fourth-order valence-corrected chi connectivity index (χ4v) is 8.24. The fraction of sp³-hybridized carbons (Fsp3) is 0.204. The molecule has 0 saturated carbocycles. The number of halogens is 3. The van der Waals surface area contributed by atoms with E-state index in [0.717, 1.165) is 50.2 Å². The lowest BCUT2D eigenvalue weighted by Gasteiger charge is -2.25. The van der Waals surface area contributed by atoms with Gasteiger partial charge in [-0.25, -0.2) is 29.3 Å². The van der Waals surface area contributed by atoms with Crippen LogP contribution >= 0.6 is 22.7 Å². The number of hydrogen-bond acceptors (Lipinski definition) is 18. The van der Waals surface area contributed by atoms with Crippen molar-refractivity contribution in [3.05, 3.63) is 127 Å². The topological polar surface area (TPSA) is 239 Å². The molecule has 0 unspecified atom stereocenters. The van der Waals surface area contributed by atoms with Crippen LogP contribution in [0.2, 0.25) is 0 Å². The molecule has 10 rings (SSSR count). The number of nitrogens with one attached hydrogen (secondary N) is 1. The SMILES string of the molecule is C1=NCc2ccc(Nc3nnc(-c4cccc(-c5ncco5)c4)s3)cc21.CC(C)(C)OC(=O)N(c1ccc2c(cnn2C(=O)OC(C)(C)C)c1)c1nnc(-c2cccc(-c3ncco3)c2)s1.O=C(O)C(F)(F)F. The molecule has 0 radical (unpaired) electrons. The molecule has 0 aliphatic carbocycles. The molecule has 19 nitrogen and oxygen atoms in total. The molecular weight excluding hydrogens is 992 g/mol. The Hall–Kier alpha value is -8.64. The predicted molar refractivity (Wildman–Crippen MR) is 266 cm³/mol. The molecular formula is C49H42F3N11O8S2. The highest BCUT2D eigenvalue weighted by molar-refractivity contribution is 7.19. The zero-order chi connectivity index (χ0) is 52.1. The number of oxazole rings is 2. The standard InChI is InChI=1S/C28H28N6O5S.C19H13N5OS.C2HF3O2/c1-27(2,3)38-25(35)33(20-10-11-21-19(15-20)16-30-34(21)26(36)39-28(4,5)6)24-32-31-23(40-24)18-9-7-8-17(14-18)22-29-12-13-37-22;1-2-12(17-21-6-7-25-17)8-13(3-1)18-23-24-19(26-18)22-16-5-4-14-10-20-11-15(14)9-16;3-2(4,5)1(6)7/h7-16H,1-6H3;1-9,11H,10H2,(H,22,24);(H,6,7). The van der Waals surface area contributed by atoms with E-state index in [1.54, 1.807) is 78.4 Å². The van der Waals surface area contributed by atoms with Crippen LogP contribution < -0.4 is 10.2 Å². The Morgan fingerprint density at radius 1 is 0.740 bits per heavy atom. The number of rotatable bonds is 8. The van der Waals surface area contributed by atoms with Gasteiger partial charge in [0, 0.05) is 39.5 Å². The normalized spacial score (nSPS) is 12.0. The first kappa shape index (κ1) is 50.7. The molecule has 5 aromatic heterocycles. The van der Waals surface area contributed by atoms with Gasteiger partial charge in [-0.15, -0.1) is 20.4 Å². The van der Waals surface area contributed by atoms with E-state index in [2.05, 4.69) is 57.9 Å². The van der Waals surface area contributed by atoms with Crippen molar-refractivity contribution in [1.82, 2.24) is 40.1 Å². The number of carbonyl (C=O) groups is 3. The first-order valence-corrected chi connectivity index (χ1v) is 23.4. The van der Waals surface area contributed by atoms with Crippen molar-refractivity contribution >= 4 is 79.6 Å². The predicted octanol–water partition coefficient (Wildman–Crippen LogP) is 12.2. The third-order valence-electron chi connectivity index (χ3n) is 9.69. The summed E-state index contributed by atoms with van der Waals surface area (Å²) < 4.78 is 54.9. The van der Waals surface area contributed by atoms with Gasteiger partial charge >= 0.3 is 24.3 Å². The van der Waals surface area contributed by atoms with Crippen molar-refractivity contribution in [3.63, 3.8) is 0 Å². The average Bonchev–Trinajstić information content (AvgIpc) is 4.20. The molecule has 73 heavy (non-hydrogen) atoms. The first-order chi connectivity index (χ1) is 34.7. The van der Waals surface area contributed by atoms with Crippen LogP contribution in [0.25, 0.3) is 55.0 Å². The lowest BCUT2D eigenvalue weighted by molar-refractivity contribution is -0.192. The largest absolute Gasteiger partial charge is 0.490 e. The summed E-state index contributed by atoms with van der Waals surface area (Å²) in [5.41, 5.74) is 6.43. The minimum absolute atomic E-state index is 0.310. The summed E-state index contributed by atoms with van der Waals surface area (Å²) in [5.74, 6) is -1.68. The zero-order valence-corrected chi connectivity index (χ0v) is 41.1. The number of amides is 1. The Labute approximate surface area is 421 Å². The van der Waals surface area contributed by atoms with Gasteiger partial charge in [-0.3, -0.25) is 4.99 Å². The van der Waals surface area contributed by atoms with E-state index in [0.29, 0.717) is 38.5 Å². The smallest absolute Gasteiger partial charge is 0.475 e. The lowest BCUT2D eigenvalue weighted by Crippen LogP contribution is -2.33. The van der Waals surface area contributed by atoms with E-state index in [1.165, 1.54) is 50.3 Å². The van der Waals surface area contributed by atoms with Gasteiger partial charge in [0.1, 0.15) is 33.7 Å². The molecule has 0 atom stereocenters. The van der Waals surface area contributed by atoms with E-state index in [9.17, 15) is 22.8 Å². The monoisotopic (exact) mass is 1030 g/mol. The van der Waals surface area contributed by atoms with Crippen LogP contribution in [0.4, 0.5) is 44.4 Å². The number of carbonyl (C=O) groups excluding carboxylic acids is 2. The Kier molecular flexibility index (Phi) is 14.6. The summed E-state index contributed by atoms with van der Waals surface area (Å²) in [6.45, 7) is 11.5. The second-order valence-corrected chi connectivity index (χ2v) is 19.5. The van der Waals surface area contributed by atoms with Gasteiger partial charge in [-0.1, -0.05) is 53.0 Å². The first-order valence-electron chi connectivity index (χ1n) is 21.8. The van der Waals surface area contributed by atoms with Crippen molar-refractivity contribution in [2.75, 3.05) is 10.2 Å². The summed E-state index contributed by atoms with van der Waals surface area (Å²) >= 11 is 2.73. The van der Waals surface area contributed by atoms with E-state index >= 15 is 0 Å². The molecule has 2 N–H and O–H groups in total. The van der Waals surface area contributed by atoms with Gasteiger partial charge in [0.2, 0.25) is 22.0 Å². The summed E-state index contributed by atoms with van der Waals surface area (Å²) in [4.78, 5) is 49.0. The number of fused-ring (bicyclic) bond motifs is 2. The number of carboxylic acids is 1. The van der Waals surface area contributed by atoms with E-state index in [1.807, 2.05) is 60.8 Å². The van der Waals surface area contributed by atoms with Crippen LogP contribution in [0, 0.1) is 0 Å². The van der Waals surface area contributed by atoms with Gasteiger partial charge in [-0.2, -0.15) is 23.0 Å². The van der Waals surface area contributed by atoms with Crippen molar-refractivity contribution in [2.45, 2.75) is 65.5 Å². The number of aliphatic imine (C=N–C) groups is 1. The van der Waals surface area contributed by atoms with Crippen molar-refractivity contribution in [2.24, 2.45) is 4.99 Å². The van der Waals surface area contributed by atoms with Gasteiger partial charge in [-0.05, 0) is 107 Å². The highest BCUT2D eigenvalue weighted by Gasteiger charge is 2.38. The number of hydrogen-bond donors (Lipinski definition) is 2. The number of ether oxygens (including phenoxy) is 2. The third-order valence-corrected chi connectivity index (χ3v) is 11.5. The summed E-state index contributed by atoms with van der Waals surface area (Å²) in [6.07, 6.45) is 3.43. The molecule has 1 aliphatic heterocycles. The Bertz CT molecular complexity index is 3430. The highest BCUT2D eigenvalue weighted by Crippen LogP contribution is 2.37. The van der Waals surface area contributed by atoms with Crippen LogP contribution in [0.15, 0.2) is 130 Å². The van der Waals surface area contributed by atoms with Crippen LogP contribution in [0.3, 0.4) is 0 Å². The molecule has 0 spiro atoms. The third kappa shape index (κ3) is 12.8. The molecule has 4 aromatic carbocycles. The zero-order valence-electron chi connectivity index (χ0n) is 39.5. The number of anilines is 4. The van der Waals surface area contributed by atoms with Crippen molar-refractivity contribution in [3.8, 4) is 44.1 Å². The van der Waals surface area contributed by atoms with Gasteiger partial charge < -0.3 is 28.7 Å². The van der Waals surface area contributed by atoms with E-state index in [4.69, 9.17) is 28.2 Å². The van der Waals surface area contributed by atoms with Gasteiger partial charge in [0.15, 0.2) is 0 Å². The molecule has 9 aromatic rings. The Morgan fingerprint density at radius 2 is 1.34 bits per heavy atom. The summed E-state index contributed by atoms with van der Waals surface area (Å²) in [7, 11) is 0. The molecule has 374 valence electrons. The quantitative estimate of drug-likeness (QED) is 0.144. The number of carboxylic acid groups (broad SMARTS) is 1. The number of aromatic nitrogens is 8. The Balaban J connectivity index is 0.000000183. The lowest BCUT2D eigenvalue weighted by atomic mass is 10.1. The number of alkyl halides is 3. The fourth-order valence-electron chi connectivity index (χ4n) is 6.63. The van der Waals surface area contributed by atoms with Gasteiger partial charge in [0.05, 0.1) is 36.3 Å². The molecule has 1 aliphatic rings. The molecule has 6 heterocycles.